The lowest BCUT2D eigenvalue weighted by Gasteiger charge is -2.31. The van der Waals surface area contributed by atoms with Crippen molar-refractivity contribution in [3.05, 3.63) is 44.1 Å². The van der Waals surface area contributed by atoms with Crippen LogP contribution in [0.4, 0.5) is 0 Å². The van der Waals surface area contributed by atoms with Crippen molar-refractivity contribution in [3.8, 4) is 0 Å². The van der Waals surface area contributed by atoms with Crippen molar-refractivity contribution < 1.29 is 9.32 Å². The predicted octanol–water partition coefficient (Wildman–Crippen LogP) is 0.518. The Morgan fingerprint density at radius 2 is 2.20 bits per heavy atom. The summed E-state index contributed by atoms with van der Waals surface area (Å²) in [5, 5.41) is 8.39. The number of hydrogen-bond acceptors (Lipinski definition) is 6. The van der Waals surface area contributed by atoms with E-state index in [2.05, 4.69) is 20.3 Å². The maximum Gasteiger partial charge on any atom is 0.266 e. The normalized spacial score (nSPS) is 17.9. The highest BCUT2D eigenvalue weighted by molar-refractivity contribution is 5.78. The van der Waals surface area contributed by atoms with Gasteiger partial charge in [0.1, 0.15) is 0 Å². The van der Waals surface area contributed by atoms with Crippen molar-refractivity contribution in [1.29, 1.82) is 0 Å². The van der Waals surface area contributed by atoms with Gasteiger partial charge in [0.15, 0.2) is 5.82 Å². The molecule has 25 heavy (non-hydrogen) atoms. The number of amides is 1. The Labute approximate surface area is 143 Å². The van der Waals surface area contributed by atoms with Gasteiger partial charge < -0.3 is 9.42 Å². The summed E-state index contributed by atoms with van der Waals surface area (Å²) in [6, 6.07) is 1.16. The minimum atomic E-state index is -0.458. The zero-order valence-corrected chi connectivity index (χ0v) is 14.2. The average Bonchev–Trinajstić information content (AvgIpc) is 3.09. The first-order valence-corrected chi connectivity index (χ1v) is 8.36. The summed E-state index contributed by atoms with van der Waals surface area (Å²) in [5.74, 6) is 1.20. The molecule has 0 spiro atoms. The molecule has 1 amide bonds. The summed E-state index contributed by atoms with van der Waals surface area (Å²) in [7, 11) is 0. The quantitative estimate of drug-likeness (QED) is 0.830. The van der Waals surface area contributed by atoms with E-state index in [1.165, 1.54) is 0 Å². The highest BCUT2D eigenvalue weighted by Crippen LogP contribution is 2.27. The smallest absolute Gasteiger partial charge is 0.266 e. The molecule has 0 bridgehead atoms. The molecule has 0 radical (unpaired) electrons. The Morgan fingerprint density at radius 3 is 2.92 bits per heavy atom. The van der Waals surface area contributed by atoms with Crippen molar-refractivity contribution in [1.82, 2.24) is 25.2 Å². The molecule has 2 aromatic heterocycles. The van der Waals surface area contributed by atoms with E-state index in [0.717, 1.165) is 18.9 Å². The zero-order valence-electron chi connectivity index (χ0n) is 14.2. The molecule has 1 fully saturated rings. The van der Waals surface area contributed by atoms with Crippen LogP contribution in [-0.4, -0.2) is 44.2 Å². The van der Waals surface area contributed by atoms with Gasteiger partial charge in [0, 0.05) is 30.6 Å². The van der Waals surface area contributed by atoms with Gasteiger partial charge in [0.2, 0.25) is 11.8 Å². The summed E-state index contributed by atoms with van der Waals surface area (Å²) >= 11 is 0. The van der Waals surface area contributed by atoms with E-state index in [9.17, 15) is 14.4 Å². The van der Waals surface area contributed by atoms with Gasteiger partial charge in [-0.3, -0.25) is 24.6 Å². The van der Waals surface area contributed by atoms with Crippen LogP contribution in [0.5, 0.6) is 0 Å². The molecular formula is C16H21N5O4. The zero-order chi connectivity index (χ0) is 18.0. The fourth-order valence-electron chi connectivity index (χ4n) is 2.92. The van der Waals surface area contributed by atoms with Crippen molar-refractivity contribution in [3.63, 3.8) is 0 Å². The number of nitrogens with one attached hydrogen (secondary N) is 2. The van der Waals surface area contributed by atoms with Gasteiger partial charge in [-0.1, -0.05) is 19.0 Å². The van der Waals surface area contributed by atoms with E-state index in [0.29, 0.717) is 24.8 Å². The number of nitrogens with zero attached hydrogens (tertiary/aromatic N) is 3. The second-order valence-electron chi connectivity index (χ2n) is 6.61. The van der Waals surface area contributed by atoms with Crippen molar-refractivity contribution in [2.75, 3.05) is 13.1 Å². The van der Waals surface area contributed by atoms with Crippen molar-refractivity contribution in [2.45, 2.75) is 44.9 Å². The van der Waals surface area contributed by atoms with Crippen LogP contribution < -0.4 is 11.1 Å². The van der Waals surface area contributed by atoms with Gasteiger partial charge in [-0.25, -0.2) is 0 Å². The summed E-state index contributed by atoms with van der Waals surface area (Å²) in [5.41, 5.74) is -0.735. The second kappa shape index (κ2) is 7.04. The summed E-state index contributed by atoms with van der Waals surface area (Å²) in [6.07, 6.45) is 1.59. The minimum Gasteiger partial charge on any atom is -0.342 e. The number of H-pyrrole nitrogens is 2. The molecule has 3 heterocycles. The number of likely N-dealkylation sites (tertiary alicyclic amines) is 1. The first-order chi connectivity index (χ1) is 11.9. The summed E-state index contributed by atoms with van der Waals surface area (Å²) < 4.78 is 5.35. The fourth-order valence-corrected chi connectivity index (χ4v) is 2.92. The van der Waals surface area contributed by atoms with E-state index in [4.69, 9.17) is 4.52 Å². The van der Waals surface area contributed by atoms with Crippen molar-refractivity contribution in [2.24, 2.45) is 0 Å². The Kier molecular flexibility index (Phi) is 4.82. The third-order valence-corrected chi connectivity index (χ3v) is 4.34. The molecule has 0 unspecified atom stereocenters. The first-order valence-electron chi connectivity index (χ1n) is 8.36. The molecule has 1 atom stereocenters. The van der Waals surface area contributed by atoms with Crippen molar-refractivity contribution >= 4 is 5.91 Å². The van der Waals surface area contributed by atoms with Crippen LogP contribution in [0.1, 0.15) is 55.8 Å². The monoisotopic (exact) mass is 347 g/mol. The molecule has 3 rings (SSSR count). The maximum atomic E-state index is 12.5. The number of piperidine rings is 1. The number of rotatable bonds is 4. The number of carbonyl (C=O) groups is 1. The molecule has 134 valence electrons. The molecule has 2 N–H and O–H groups in total. The molecule has 0 saturated carbocycles. The lowest BCUT2D eigenvalue weighted by molar-refractivity contribution is -0.131. The van der Waals surface area contributed by atoms with Gasteiger partial charge >= 0.3 is 0 Å². The van der Waals surface area contributed by atoms with Gasteiger partial charge in [-0.15, -0.1) is 0 Å². The summed E-state index contributed by atoms with van der Waals surface area (Å²) in [4.78, 5) is 41.7. The third kappa shape index (κ3) is 3.86. The first kappa shape index (κ1) is 17.1. The molecule has 9 nitrogen and oxygen atoms in total. The van der Waals surface area contributed by atoms with E-state index < -0.39 is 11.1 Å². The van der Waals surface area contributed by atoms with Crippen LogP contribution in [-0.2, 0) is 11.2 Å². The number of aromatic nitrogens is 4. The van der Waals surface area contributed by atoms with Crippen LogP contribution in [0.15, 0.2) is 20.2 Å². The van der Waals surface area contributed by atoms with E-state index >= 15 is 0 Å². The lowest BCUT2D eigenvalue weighted by Crippen LogP contribution is -2.41. The Balaban J connectivity index is 1.70. The fraction of sp³-hybridized carbons (Fsp3) is 0.562. The maximum absolute atomic E-state index is 12.5. The van der Waals surface area contributed by atoms with E-state index in [1.807, 2.05) is 13.8 Å². The molecule has 1 aliphatic rings. The SMILES string of the molecule is CC(C)c1noc([C@@H]2CCCN(C(=O)Cc3cc(=O)[nH][nH]c3=O)C2)n1. The Bertz CT molecular complexity index is 866. The molecule has 1 saturated heterocycles. The molecule has 9 heteroatoms. The largest absolute Gasteiger partial charge is 0.342 e. The van der Waals surface area contributed by atoms with Gasteiger partial charge in [-0.05, 0) is 12.8 Å². The molecule has 0 aromatic carbocycles. The number of carbonyl (C=O) groups excluding carboxylic acids is 1. The van der Waals surface area contributed by atoms with Gasteiger partial charge in [-0.2, -0.15) is 4.98 Å². The second-order valence-corrected chi connectivity index (χ2v) is 6.61. The molecule has 1 aliphatic heterocycles. The topological polar surface area (TPSA) is 125 Å². The third-order valence-electron chi connectivity index (χ3n) is 4.34. The van der Waals surface area contributed by atoms with Crippen LogP contribution in [0.25, 0.3) is 0 Å². The van der Waals surface area contributed by atoms with Gasteiger partial charge in [0.05, 0.1) is 12.3 Å². The van der Waals surface area contributed by atoms with Crippen LogP contribution in [0.2, 0.25) is 0 Å². The predicted molar refractivity (Wildman–Crippen MR) is 88.3 cm³/mol. The van der Waals surface area contributed by atoms with Crippen LogP contribution in [0, 0.1) is 0 Å². The van der Waals surface area contributed by atoms with Crippen LogP contribution in [0.3, 0.4) is 0 Å². The number of hydrogen-bond donors (Lipinski definition) is 2. The highest BCUT2D eigenvalue weighted by Gasteiger charge is 2.29. The number of aromatic amines is 2. The minimum absolute atomic E-state index is 0.00448. The average molecular weight is 347 g/mol. The molecular weight excluding hydrogens is 326 g/mol. The van der Waals surface area contributed by atoms with Gasteiger partial charge in [0.25, 0.3) is 11.1 Å². The summed E-state index contributed by atoms with van der Waals surface area (Å²) in [6.45, 7) is 5.07. The molecule has 2 aromatic rings. The Hall–Kier alpha value is -2.71. The Morgan fingerprint density at radius 1 is 1.40 bits per heavy atom. The molecule has 0 aliphatic carbocycles. The van der Waals surface area contributed by atoms with Crippen LogP contribution >= 0.6 is 0 Å². The highest BCUT2D eigenvalue weighted by atomic mass is 16.5. The standard InChI is InChI=1S/C16H21N5O4/c1-9(2)14-17-16(25-20-14)10-4-3-5-21(8-10)13(23)7-11-6-12(22)18-19-15(11)24/h6,9-10H,3-5,7-8H2,1-2H3,(H,18,22)(H,19,24)/t10-/m1/s1. The van der Waals surface area contributed by atoms with E-state index in [1.54, 1.807) is 4.90 Å². The van der Waals surface area contributed by atoms with E-state index in [-0.39, 0.29) is 29.7 Å². The lowest BCUT2D eigenvalue weighted by atomic mass is 9.97.